The number of benzene rings is 1. The summed E-state index contributed by atoms with van der Waals surface area (Å²) in [7, 11) is 0. The van der Waals surface area contributed by atoms with Crippen LogP contribution in [0.2, 0.25) is 0 Å². The van der Waals surface area contributed by atoms with Crippen molar-refractivity contribution in [3.05, 3.63) is 35.9 Å². The monoisotopic (exact) mass is 297 g/mol. The smallest absolute Gasteiger partial charge is 0.442 e. The number of carbonyl (C=O) groups excluding carboxylic acids is 2. The highest BCUT2D eigenvalue weighted by molar-refractivity contribution is 6.34. The summed E-state index contributed by atoms with van der Waals surface area (Å²) in [5.41, 5.74) is -0.0916. The molecule has 2 rings (SSSR count). The van der Waals surface area contributed by atoms with E-state index >= 15 is 0 Å². The van der Waals surface area contributed by atoms with Crippen molar-refractivity contribution >= 4 is 23.7 Å². The zero-order valence-electron chi connectivity index (χ0n) is 11.6. The van der Waals surface area contributed by atoms with Gasteiger partial charge in [0, 0.05) is 0 Å². The third kappa shape index (κ3) is 2.88. The van der Waals surface area contributed by atoms with Crippen LogP contribution in [-0.2, 0) is 19.2 Å². The van der Waals surface area contributed by atoms with E-state index in [0.717, 1.165) is 5.06 Å². The lowest BCUT2D eigenvalue weighted by Crippen LogP contribution is -2.36. The molecule has 1 aliphatic rings. The van der Waals surface area contributed by atoms with Gasteiger partial charge >= 0.3 is 12.1 Å². The second-order valence-electron chi connectivity index (χ2n) is 5.56. The molecule has 6 heteroatoms. The molecule has 0 aliphatic carbocycles. The number of alkyl halides is 1. The third-order valence-corrected chi connectivity index (χ3v) is 3.20. The average Bonchev–Trinajstić information content (AvgIpc) is 2.66. The minimum Gasteiger partial charge on any atom is -0.442 e. The topological polar surface area (TPSA) is 55.8 Å². The van der Waals surface area contributed by atoms with Gasteiger partial charge in [0.2, 0.25) is 0 Å². The fourth-order valence-electron chi connectivity index (χ4n) is 1.79. The standard InChI is InChI=1S/C14H16ClNO4/c1-13(2,3)19-12(18)16-9-14(15,11(17)20-16)10-7-5-4-6-8-10/h4-8H,9H2,1-3H3/t14-/m1/s1. The van der Waals surface area contributed by atoms with E-state index < -0.39 is 22.5 Å². The number of hydrogen-bond donors (Lipinski definition) is 0. The lowest BCUT2D eigenvalue weighted by atomic mass is 9.99. The molecule has 0 N–H and O–H groups in total. The number of carbonyl (C=O) groups is 2. The van der Waals surface area contributed by atoms with E-state index in [0.29, 0.717) is 5.56 Å². The van der Waals surface area contributed by atoms with Crippen LogP contribution >= 0.6 is 11.6 Å². The predicted molar refractivity (Wildman–Crippen MR) is 73.0 cm³/mol. The van der Waals surface area contributed by atoms with E-state index in [2.05, 4.69) is 0 Å². The van der Waals surface area contributed by atoms with Crippen LogP contribution in [0.25, 0.3) is 0 Å². The van der Waals surface area contributed by atoms with Crippen LogP contribution in [0.3, 0.4) is 0 Å². The van der Waals surface area contributed by atoms with Crippen LogP contribution in [-0.4, -0.2) is 29.3 Å². The molecule has 1 amide bonds. The summed E-state index contributed by atoms with van der Waals surface area (Å²) < 4.78 is 5.15. The van der Waals surface area contributed by atoms with Crippen LogP contribution in [0.5, 0.6) is 0 Å². The van der Waals surface area contributed by atoms with Crippen LogP contribution in [0.1, 0.15) is 26.3 Å². The van der Waals surface area contributed by atoms with Gasteiger partial charge in [-0.05, 0) is 26.3 Å². The van der Waals surface area contributed by atoms with Gasteiger partial charge in [-0.25, -0.2) is 9.59 Å². The quantitative estimate of drug-likeness (QED) is 0.748. The number of hydroxylamine groups is 2. The maximum atomic E-state index is 12.0. The molecular weight excluding hydrogens is 282 g/mol. The van der Waals surface area contributed by atoms with Gasteiger partial charge in [-0.2, -0.15) is 0 Å². The van der Waals surface area contributed by atoms with Gasteiger partial charge in [-0.1, -0.05) is 41.9 Å². The van der Waals surface area contributed by atoms with E-state index in [4.69, 9.17) is 21.2 Å². The third-order valence-electron chi connectivity index (χ3n) is 2.71. The Morgan fingerprint density at radius 2 is 1.95 bits per heavy atom. The van der Waals surface area contributed by atoms with Gasteiger partial charge in [0.1, 0.15) is 5.60 Å². The van der Waals surface area contributed by atoms with E-state index in [-0.39, 0.29) is 6.54 Å². The summed E-state index contributed by atoms with van der Waals surface area (Å²) in [6.07, 6.45) is -0.732. The molecule has 1 fully saturated rings. The lowest BCUT2D eigenvalue weighted by molar-refractivity contribution is -0.167. The Morgan fingerprint density at radius 3 is 2.50 bits per heavy atom. The average molecular weight is 298 g/mol. The minimum atomic E-state index is -1.39. The molecule has 1 atom stereocenters. The Bertz CT molecular complexity index is 526. The molecule has 1 aromatic rings. The van der Waals surface area contributed by atoms with Crippen LogP contribution in [0.15, 0.2) is 30.3 Å². The molecule has 1 aliphatic heterocycles. The molecule has 1 saturated heterocycles. The van der Waals surface area contributed by atoms with E-state index in [1.807, 2.05) is 6.07 Å². The van der Waals surface area contributed by atoms with Gasteiger partial charge < -0.3 is 9.57 Å². The minimum absolute atomic E-state index is 0.0910. The fourth-order valence-corrected chi connectivity index (χ4v) is 2.06. The van der Waals surface area contributed by atoms with Crippen LogP contribution < -0.4 is 0 Å². The van der Waals surface area contributed by atoms with Gasteiger partial charge in [0.15, 0.2) is 4.87 Å². The van der Waals surface area contributed by atoms with Crippen LogP contribution in [0, 0.1) is 0 Å². The molecule has 0 aromatic heterocycles. The summed E-state index contributed by atoms with van der Waals surface area (Å²) in [4.78, 5) is 27.4. The first kappa shape index (κ1) is 14.7. The van der Waals surface area contributed by atoms with Crippen molar-refractivity contribution in [3.63, 3.8) is 0 Å². The molecule has 0 spiro atoms. The summed E-state index contributed by atoms with van der Waals surface area (Å²) in [6.45, 7) is 5.10. The van der Waals surface area contributed by atoms with Gasteiger partial charge in [0.05, 0.1) is 6.54 Å². The van der Waals surface area contributed by atoms with Crippen molar-refractivity contribution in [2.24, 2.45) is 0 Å². The normalized spacial score (nSPS) is 22.6. The first-order chi connectivity index (χ1) is 9.22. The first-order valence-corrected chi connectivity index (χ1v) is 6.57. The number of nitrogens with zero attached hydrogens (tertiary/aromatic N) is 1. The number of ether oxygens (including phenoxy) is 1. The molecule has 108 valence electrons. The number of hydrogen-bond acceptors (Lipinski definition) is 4. The Kier molecular flexibility index (Phi) is 3.65. The molecule has 0 unspecified atom stereocenters. The lowest BCUT2D eigenvalue weighted by Gasteiger charge is -2.23. The van der Waals surface area contributed by atoms with Gasteiger partial charge in [0.25, 0.3) is 0 Å². The highest BCUT2D eigenvalue weighted by atomic mass is 35.5. The summed E-state index contributed by atoms with van der Waals surface area (Å²) in [5.74, 6) is -0.684. The van der Waals surface area contributed by atoms with Crippen molar-refractivity contribution < 1.29 is 19.2 Å². The molecule has 0 bridgehead atoms. The molecule has 20 heavy (non-hydrogen) atoms. The molecule has 1 aromatic carbocycles. The Balaban J connectivity index is 2.17. The van der Waals surface area contributed by atoms with Crippen molar-refractivity contribution in [3.8, 4) is 0 Å². The Morgan fingerprint density at radius 1 is 1.35 bits per heavy atom. The van der Waals surface area contributed by atoms with Gasteiger partial charge in [-0.3, -0.25) is 0 Å². The molecule has 0 saturated carbocycles. The highest BCUT2D eigenvalue weighted by Crippen LogP contribution is 2.37. The number of rotatable bonds is 1. The zero-order valence-corrected chi connectivity index (χ0v) is 12.3. The Labute approximate surface area is 122 Å². The van der Waals surface area contributed by atoms with Crippen molar-refractivity contribution in [2.75, 3.05) is 6.54 Å². The second kappa shape index (κ2) is 4.98. The van der Waals surface area contributed by atoms with E-state index in [1.165, 1.54) is 0 Å². The summed E-state index contributed by atoms with van der Waals surface area (Å²) in [6, 6.07) is 8.78. The van der Waals surface area contributed by atoms with Crippen LogP contribution in [0.4, 0.5) is 4.79 Å². The molecular formula is C14H16ClNO4. The maximum Gasteiger partial charge on any atom is 0.443 e. The first-order valence-electron chi connectivity index (χ1n) is 6.20. The SMILES string of the molecule is CC(C)(C)OC(=O)N1C[C@@](Cl)(c2ccccc2)C(=O)O1. The maximum absolute atomic E-state index is 12.0. The molecule has 1 heterocycles. The molecule has 5 nitrogen and oxygen atoms in total. The fraction of sp³-hybridized carbons (Fsp3) is 0.429. The molecule has 0 radical (unpaired) electrons. The van der Waals surface area contributed by atoms with Gasteiger partial charge in [-0.15, -0.1) is 5.06 Å². The second-order valence-corrected chi connectivity index (χ2v) is 6.21. The zero-order chi connectivity index (χ0) is 15.0. The summed E-state index contributed by atoms with van der Waals surface area (Å²) in [5, 5.41) is 0.855. The van der Waals surface area contributed by atoms with Crippen molar-refractivity contribution in [1.82, 2.24) is 5.06 Å². The predicted octanol–water partition coefficient (Wildman–Crippen LogP) is 2.83. The number of amides is 1. The Hall–Kier alpha value is -1.75. The number of halogens is 1. The van der Waals surface area contributed by atoms with E-state index in [1.54, 1.807) is 45.0 Å². The van der Waals surface area contributed by atoms with Crippen molar-refractivity contribution in [1.29, 1.82) is 0 Å². The highest BCUT2D eigenvalue weighted by Gasteiger charge is 2.51. The summed E-state index contributed by atoms with van der Waals surface area (Å²) >= 11 is 6.33. The van der Waals surface area contributed by atoms with E-state index in [9.17, 15) is 9.59 Å². The largest absolute Gasteiger partial charge is 0.443 e. The van der Waals surface area contributed by atoms with Crippen molar-refractivity contribution in [2.45, 2.75) is 31.2 Å².